The van der Waals surface area contributed by atoms with Crippen LogP contribution in [-0.2, 0) is 7.05 Å². The highest BCUT2D eigenvalue weighted by Crippen LogP contribution is 2.03. The minimum absolute atomic E-state index is 0.0272. The van der Waals surface area contributed by atoms with Crippen LogP contribution in [0, 0.1) is 6.92 Å². The number of nitrogens with zero attached hydrogens (tertiary/aromatic N) is 2. The first kappa shape index (κ1) is 8.74. The zero-order chi connectivity index (χ0) is 10.3. The van der Waals surface area contributed by atoms with Crippen molar-refractivity contribution in [3.8, 4) is 5.88 Å². The molecule has 0 spiro atoms. The Morgan fingerprint density at radius 3 is 2.86 bits per heavy atom. The van der Waals surface area contributed by atoms with Crippen molar-refractivity contribution in [3.63, 3.8) is 0 Å². The molecule has 1 N–H and O–H groups in total. The highest BCUT2D eigenvalue weighted by atomic mass is 16.3. The van der Waals surface area contributed by atoms with Crippen LogP contribution in [-0.4, -0.2) is 9.51 Å². The minimum atomic E-state index is -0.226. The minimum Gasteiger partial charge on any atom is -0.478 e. The second-order valence-corrected chi connectivity index (χ2v) is 3.33. The van der Waals surface area contributed by atoms with Gasteiger partial charge in [0.15, 0.2) is 0 Å². The average Bonchev–Trinajstić information content (AvgIpc) is 2.14. The molecule has 2 rings (SSSR count). The molecule has 0 aliphatic carbocycles. The van der Waals surface area contributed by atoms with Gasteiger partial charge in [0.2, 0.25) is 0 Å². The molecule has 2 heterocycles. The lowest BCUT2D eigenvalue weighted by atomic mass is 10.3. The molecule has 0 fully saturated rings. The van der Waals surface area contributed by atoms with Gasteiger partial charge in [-0.2, -0.15) is 8.97 Å². The third kappa shape index (κ3) is 1.16. The average molecular weight is 191 g/mol. The summed E-state index contributed by atoms with van der Waals surface area (Å²) < 4.78 is 3.06. The molecule has 14 heavy (non-hydrogen) atoms. The Kier molecular flexibility index (Phi) is 1.77. The summed E-state index contributed by atoms with van der Waals surface area (Å²) in [6, 6.07) is 4.90. The van der Waals surface area contributed by atoms with Gasteiger partial charge >= 0.3 is 5.56 Å². The normalized spacial score (nSPS) is 10.7. The zero-order valence-corrected chi connectivity index (χ0v) is 8.06. The smallest absolute Gasteiger partial charge is 0.346 e. The Labute approximate surface area is 80.7 Å². The fraction of sp³-hybridized carbons (Fsp3) is 0.200. The second kappa shape index (κ2) is 2.83. The molecule has 0 bridgehead atoms. The molecule has 0 aliphatic rings. The molecule has 0 amide bonds. The van der Waals surface area contributed by atoms with E-state index in [2.05, 4.69) is 0 Å². The molecule has 0 saturated heterocycles. The van der Waals surface area contributed by atoms with Crippen molar-refractivity contribution in [1.82, 2.24) is 4.40 Å². The molecule has 2 aromatic rings. The Hall–Kier alpha value is -1.84. The molecular weight excluding hydrogens is 180 g/mol. The van der Waals surface area contributed by atoms with Crippen LogP contribution in [0.3, 0.4) is 0 Å². The molecule has 72 valence electrons. The van der Waals surface area contributed by atoms with Gasteiger partial charge in [0.05, 0.1) is 7.05 Å². The summed E-state index contributed by atoms with van der Waals surface area (Å²) in [5, 5.41) is 9.44. The quantitative estimate of drug-likeness (QED) is 0.602. The van der Waals surface area contributed by atoms with Gasteiger partial charge in [-0.25, -0.2) is 4.79 Å². The van der Waals surface area contributed by atoms with Gasteiger partial charge in [-0.3, -0.25) is 0 Å². The van der Waals surface area contributed by atoms with Crippen molar-refractivity contribution in [3.05, 3.63) is 40.3 Å². The summed E-state index contributed by atoms with van der Waals surface area (Å²) >= 11 is 0. The molecule has 4 nitrogen and oxygen atoms in total. The van der Waals surface area contributed by atoms with Crippen molar-refractivity contribution in [2.24, 2.45) is 7.05 Å². The van der Waals surface area contributed by atoms with E-state index >= 15 is 0 Å². The van der Waals surface area contributed by atoms with E-state index in [1.54, 1.807) is 17.8 Å². The molecule has 2 aromatic heterocycles. The van der Waals surface area contributed by atoms with Crippen molar-refractivity contribution in [2.75, 3.05) is 0 Å². The predicted molar refractivity (Wildman–Crippen MR) is 51.2 cm³/mol. The number of fused-ring (bicyclic) bond motifs is 1. The van der Waals surface area contributed by atoms with Crippen molar-refractivity contribution in [1.29, 1.82) is 0 Å². The molecule has 0 atom stereocenters. The number of hydrogen-bond donors (Lipinski definition) is 1. The summed E-state index contributed by atoms with van der Waals surface area (Å²) in [5.74, 6) is -0.0272. The van der Waals surface area contributed by atoms with Gasteiger partial charge in [0.25, 0.3) is 11.5 Å². The van der Waals surface area contributed by atoms with E-state index in [0.717, 1.165) is 5.56 Å². The van der Waals surface area contributed by atoms with E-state index in [1.807, 2.05) is 19.1 Å². The first-order chi connectivity index (χ1) is 6.59. The van der Waals surface area contributed by atoms with E-state index in [9.17, 15) is 9.90 Å². The Morgan fingerprint density at radius 2 is 2.14 bits per heavy atom. The van der Waals surface area contributed by atoms with Gasteiger partial charge in [-0.05, 0) is 18.6 Å². The number of pyridine rings is 1. The van der Waals surface area contributed by atoms with Crippen LogP contribution in [0.25, 0.3) is 5.65 Å². The SMILES string of the molecule is Cc1ccn2c(=O)cc(O)[n+](C)c2c1. The Bertz CT molecular complexity index is 558. The van der Waals surface area contributed by atoms with Gasteiger partial charge in [0.1, 0.15) is 12.3 Å². The highest BCUT2D eigenvalue weighted by molar-refractivity contribution is 5.36. The summed E-state index contributed by atoms with van der Waals surface area (Å²) in [6.07, 6.45) is 1.70. The third-order valence-corrected chi connectivity index (χ3v) is 2.27. The van der Waals surface area contributed by atoms with Crippen LogP contribution in [0.1, 0.15) is 5.56 Å². The van der Waals surface area contributed by atoms with Gasteiger partial charge in [-0.1, -0.05) is 0 Å². The largest absolute Gasteiger partial charge is 0.478 e. The summed E-state index contributed by atoms with van der Waals surface area (Å²) in [5.41, 5.74) is 1.50. The van der Waals surface area contributed by atoms with E-state index in [0.29, 0.717) is 5.65 Å². The number of rotatable bonds is 0. The lowest BCUT2D eigenvalue weighted by molar-refractivity contribution is -0.655. The first-order valence-corrected chi connectivity index (χ1v) is 4.30. The van der Waals surface area contributed by atoms with E-state index in [-0.39, 0.29) is 11.4 Å². The molecule has 4 heteroatoms. The summed E-state index contributed by atoms with van der Waals surface area (Å²) in [4.78, 5) is 11.5. The van der Waals surface area contributed by atoms with Crippen LogP contribution < -0.4 is 10.1 Å². The number of aryl methyl sites for hydroxylation is 2. The predicted octanol–water partition coefficient (Wildman–Crippen LogP) is 0.138. The third-order valence-electron chi connectivity index (χ3n) is 2.27. The molecule has 0 unspecified atom stereocenters. The van der Waals surface area contributed by atoms with Crippen LogP contribution in [0.4, 0.5) is 0 Å². The number of aromatic nitrogens is 2. The molecule has 0 radical (unpaired) electrons. The monoisotopic (exact) mass is 191 g/mol. The maximum Gasteiger partial charge on any atom is 0.346 e. The molecule has 0 aliphatic heterocycles. The Morgan fingerprint density at radius 1 is 1.43 bits per heavy atom. The van der Waals surface area contributed by atoms with Gasteiger partial charge in [-0.15, -0.1) is 0 Å². The van der Waals surface area contributed by atoms with E-state index in [4.69, 9.17) is 0 Å². The topological polar surface area (TPSA) is 45.6 Å². The fourth-order valence-corrected chi connectivity index (χ4v) is 1.43. The number of aromatic hydroxyl groups is 1. The van der Waals surface area contributed by atoms with Crippen LogP contribution in [0.15, 0.2) is 29.2 Å². The fourth-order valence-electron chi connectivity index (χ4n) is 1.43. The lowest BCUT2D eigenvalue weighted by Gasteiger charge is -2.00. The molecule has 0 saturated carbocycles. The van der Waals surface area contributed by atoms with Crippen molar-refractivity contribution < 1.29 is 9.67 Å². The molecule has 0 aromatic carbocycles. The summed E-state index contributed by atoms with van der Waals surface area (Å²) in [6.45, 7) is 1.94. The van der Waals surface area contributed by atoms with Crippen LogP contribution in [0.5, 0.6) is 5.88 Å². The Balaban J connectivity index is 3.03. The molecular formula is C10H11N2O2+. The van der Waals surface area contributed by atoms with Gasteiger partial charge < -0.3 is 5.11 Å². The second-order valence-electron chi connectivity index (χ2n) is 3.33. The van der Waals surface area contributed by atoms with Gasteiger partial charge in [0, 0.05) is 6.07 Å². The first-order valence-electron chi connectivity index (χ1n) is 4.30. The standard InChI is InChI=1S/C10H10N2O2/c1-7-3-4-12-8(5-7)11(2)9(13)6-10(12)14/h3-6H,1-2H3/p+1. The van der Waals surface area contributed by atoms with Crippen molar-refractivity contribution >= 4 is 5.65 Å². The maximum atomic E-state index is 11.5. The maximum absolute atomic E-state index is 11.5. The summed E-state index contributed by atoms with van der Waals surface area (Å²) in [7, 11) is 1.71. The van der Waals surface area contributed by atoms with E-state index < -0.39 is 0 Å². The van der Waals surface area contributed by atoms with Crippen molar-refractivity contribution in [2.45, 2.75) is 6.92 Å². The van der Waals surface area contributed by atoms with Crippen LogP contribution in [0.2, 0.25) is 0 Å². The number of hydrogen-bond acceptors (Lipinski definition) is 2. The van der Waals surface area contributed by atoms with Crippen LogP contribution >= 0.6 is 0 Å². The lowest BCUT2D eigenvalue weighted by Crippen LogP contribution is -2.35. The van der Waals surface area contributed by atoms with E-state index in [1.165, 1.54) is 10.5 Å². The highest BCUT2D eigenvalue weighted by Gasteiger charge is 2.12. The zero-order valence-electron chi connectivity index (χ0n) is 8.06.